The molecule has 1 fully saturated rings. The molecule has 0 bridgehead atoms. The van der Waals surface area contributed by atoms with Gasteiger partial charge in [-0.1, -0.05) is 19.1 Å². The second-order valence-corrected chi connectivity index (χ2v) is 4.65. The maximum atomic E-state index is 11.4. The number of carbonyl (C=O) groups is 1. The van der Waals surface area contributed by atoms with Crippen molar-refractivity contribution in [3.05, 3.63) is 29.8 Å². The van der Waals surface area contributed by atoms with E-state index in [4.69, 9.17) is 4.74 Å². The Labute approximate surface area is 108 Å². The van der Waals surface area contributed by atoms with Crippen LogP contribution in [0.4, 0.5) is 5.69 Å². The number of nitrogens with one attached hydrogen (secondary N) is 1. The summed E-state index contributed by atoms with van der Waals surface area (Å²) < 4.78 is 5.77. The van der Waals surface area contributed by atoms with Gasteiger partial charge in [-0.25, -0.2) is 0 Å². The van der Waals surface area contributed by atoms with Gasteiger partial charge in [0.25, 0.3) is 0 Å². The minimum absolute atomic E-state index is 0.0360. The molecule has 0 saturated carbocycles. The van der Waals surface area contributed by atoms with E-state index in [1.807, 2.05) is 31.2 Å². The van der Waals surface area contributed by atoms with Crippen molar-refractivity contribution in [1.29, 1.82) is 0 Å². The van der Waals surface area contributed by atoms with Crippen molar-refractivity contribution in [3.63, 3.8) is 0 Å². The van der Waals surface area contributed by atoms with Crippen LogP contribution in [0.3, 0.4) is 0 Å². The Kier molecular flexibility index (Phi) is 4.33. The predicted molar refractivity (Wildman–Crippen MR) is 71.6 cm³/mol. The first-order chi connectivity index (χ1) is 8.69. The minimum atomic E-state index is 0.0360. The summed E-state index contributed by atoms with van der Waals surface area (Å²) in [4.78, 5) is 13.6. The maximum Gasteiger partial charge on any atom is 0.224 e. The first kappa shape index (κ1) is 13.1. The Balaban J connectivity index is 2.08. The quantitative estimate of drug-likeness (QED) is 0.890. The molecule has 1 heterocycles. The largest absolute Gasteiger partial charge is 0.371 e. The van der Waals surface area contributed by atoms with Crippen molar-refractivity contribution >= 4 is 11.6 Å². The summed E-state index contributed by atoms with van der Waals surface area (Å²) in [7, 11) is 2.10. The van der Waals surface area contributed by atoms with Crippen molar-refractivity contribution in [2.24, 2.45) is 0 Å². The van der Waals surface area contributed by atoms with Gasteiger partial charge in [-0.3, -0.25) is 4.79 Å². The number of amides is 1. The minimum Gasteiger partial charge on any atom is -0.371 e. The Morgan fingerprint density at radius 2 is 2.39 bits per heavy atom. The molecule has 4 heteroatoms. The maximum absolute atomic E-state index is 11.4. The van der Waals surface area contributed by atoms with Gasteiger partial charge in [0.1, 0.15) is 0 Å². The van der Waals surface area contributed by atoms with Crippen LogP contribution in [0.15, 0.2) is 24.3 Å². The highest BCUT2D eigenvalue weighted by Crippen LogP contribution is 2.24. The van der Waals surface area contributed by atoms with Crippen molar-refractivity contribution in [2.45, 2.75) is 19.4 Å². The molecule has 4 nitrogen and oxygen atoms in total. The van der Waals surface area contributed by atoms with Gasteiger partial charge >= 0.3 is 0 Å². The van der Waals surface area contributed by atoms with E-state index in [2.05, 4.69) is 17.3 Å². The van der Waals surface area contributed by atoms with Crippen LogP contribution in [0.5, 0.6) is 0 Å². The third-order valence-electron chi connectivity index (χ3n) is 3.13. The molecule has 2 rings (SSSR count). The Bertz CT molecular complexity index is 420. The van der Waals surface area contributed by atoms with E-state index in [1.165, 1.54) is 0 Å². The number of nitrogens with zero attached hydrogens (tertiary/aromatic N) is 1. The van der Waals surface area contributed by atoms with Crippen molar-refractivity contribution in [1.82, 2.24) is 4.90 Å². The number of benzene rings is 1. The summed E-state index contributed by atoms with van der Waals surface area (Å²) in [5, 5.41) is 2.87. The van der Waals surface area contributed by atoms with Gasteiger partial charge in [0.05, 0.1) is 12.7 Å². The molecule has 1 aromatic carbocycles. The van der Waals surface area contributed by atoms with Crippen LogP contribution in [0.2, 0.25) is 0 Å². The second kappa shape index (κ2) is 5.98. The van der Waals surface area contributed by atoms with E-state index in [-0.39, 0.29) is 12.0 Å². The zero-order valence-electron chi connectivity index (χ0n) is 11.0. The fourth-order valence-corrected chi connectivity index (χ4v) is 2.05. The summed E-state index contributed by atoms with van der Waals surface area (Å²) in [6.07, 6.45) is 0.592. The molecule has 0 spiro atoms. The molecule has 1 aromatic rings. The predicted octanol–water partition coefficient (Wildman–Crippen LogP) is 2.04. The van der Waals surface area contributed by atoms with Crippen LogP contribution in [0, 0.1) is 0 Å². The number of carbonyl (C=O) groups excluding carboxylic acids is 1. The number of anilines is 1. The Morgan fingerprint density at radius 3 is 3.11 bits per heavy atom. The van der Waals surface area contributed by atoms with Crippen LogP contribution in [-0.2, 0) is 9.53 Å². The second-order valence-electron chi connectivity index (χ2n) is 4.65. The molecule has 1 aliphatic rings. The lowest BCUT2D eigenvalue weighted by Crippen LogP contribution is -2.35. The third kappa shape index (κ3) is 3.31. The molecule has 1 saturated heterocycles. The monoisotopic (exact) mass is 248 g/mol. The standard InChI is InChI=1S/C14H20N2O2/c1-3-14(17)15-12-6-4-5-11(9-12)13-10-16(2)7-8-18-13/h4-6,9,13H,3,7-8,10H2,1-2H3,(H,15,17). The molecule has 0 aromatic heterocycles. The average molecular weight is 248 g/mol. The topological polar surface area (TPSA) is 41.6 Å². The van der Waals surface area contributed by atoms with Gasteiger partial charge in [-0.15, -0.1) is 0 Å². The molecule has 1 atom stereocenters. The van der Waals surface area contributed by atoms with Crippen LogP contribution < -0.4 is 5.32 Å². The van der Waals surface area contributed by atoms with Gasteiger partial charge in [0.2, 0.25) is 5.91 Å². The number of hydrogen-bond donors (Lipinski definition) is 1. The van der Waals surface area contributed by atoms with Gasteiger partial charge in [-0.05, 0) is 24.7 Å². The van der Waals surface area contributed by atoms with Gasteiger partial charge in [0.15, 0.2) is 0 Å². The molecule has 0 radical (unpaired) electrons. The number of likely N-dealkylation sites (N-methyl/N-ethyl adjacent to an activating group) is 1. The van der Waals surface area contributed by atoms with Crippen molar-refractivity contribution in [2.75, 3.05) is 32.1 Å². The Morgan fingerprint density at radius 1 is 1.56 bits per heavy atom. The molecule has 0 aliphatic carbocycles. The zero-order valence-corrected chi connectivity index (χ0v) is 11.0. The van der Waals surface area contributed by atoms with E-state index in [1.54, 1.807) is 0 Å². The highest BCUT2D eigenvalue weighted by atomic mass is 16.5. The molecular formula is C14H20N2O2. The summed E-state index contributed by atoms with van der Waals surface area (Å²) in [6, 6.07) is 7.91. The van der Waals surface area contributed by atoms with Crippen LogP contribution in [-0.4, -0.2) is 37.6 Å². The van der Waals surface area contributed by atoms with E-state index in [0.717, 1.165) is 30.9 Å². The molecule has 1 unspecified atom stereocenters. The first-order valence-corrected chi connectivity index (χ1v) is 6.39. The third-order valence-corrected chi connectivity index (χ3v) is 3.13. The smallest absolute Gasteiger partial charge is 0.224 e. The van der Waals surface area contributed by atoms with Crippen LogP contribution in [0.25, 0.3) is 0 Å². The van der Waals surface area contributed by atoms with Crippen LogP contribution in [0.1, 0.15) is 25.0 Å². The van der Waals surface area contributed by atoms with Gasteiger partial charge < -0.3 is 15.0 Å². The molecule has 1 aliphatic heterocycles. The zero-order chi connectivity index (χ0) is 13.0. The summed E-state index contributed by atoms with van der Waals surface area (Å²) in [5.74, 6) is 0.0360. The van der Waals surface area contributed by atoms with Gasteiger partial charge in [-0.2, -0.15) is 0 Å². The summed E-state index contributed by atoms with van der Waals surface area (Å²) >= 11 is 0. The van der Waals surface area contributed by atoms with Gasteiger partial charge in [0, 0.05) is 25.2 Å². The average Bonchev–Trinajstić information content (AvgIpc) is 2.39. The molecular weight excluding hydrogens is 228 g/mol. The Hall–Kier alpha value is -1.39. The number of morpholine rings is 1. The molecule has 1 N–H and O–H groups in total. The lowest BCUT2D eigenvalue weighted by Gasteiger charge is -2.30. The highest BCUT2D eigenvalue weighted by Gasteiger charge is 2.19. The van der Waals surface area contributed by atoms with E-state index < -0.39 is 0 Å². The first-order valence-electron chi connectivity index (χ1n) is 6.39. The number of hydrogen-bond acceptors (Lipinski definition) is 3. The normalized spacial score (nSPS) is 20.7. The van der Waals surface area contributed by atoms with Crippen molar-refractivity contribution in [3.8, 4) is 0 Å². The summed E-state index contributed by atoms with van der Waals surface area (Å²) in [5.41, 5.74) is 1.96. The summed E-state index contributed by atoms with van der Waals surface area (Å²) in [6.45, 7) is 4.47. The fourth-order valence-electron chi connectivity index (χ4n) is 2.05. The van der Waals surface area contributed by atoms with E-state index in [9.17, 15) is 4.79 Å². The van der Waals surface area contributed by atoms with Crippen molar-refractivity contribution < 1.29 is 9.53 Å². The fraction of sp³-hybridized carbons (Fsp3) is 0.500. The SMILES string of the molecule is CCC(=O)Nc1cccc(C2CN(C)CCO2)c1. The van der Waals surface area contributed by atoms with Crippen LogP contribution >= 0.6 is 0 Å². The molecule has 1 amide bonds. The number of ether oxygens (including phenoxy) is 1. The number of rotatable bonds is 3. The molecule has 18 heavy (non-hydrogen) atoms. The van der Waals surface area contributed by atoms with E-state index in [0.29, 0.717) is 6.42 Å². The lowest BCUT2D eigenvalue weighted by atomic mass is 10.1. The van der Waals surface area contributed by atoms with E-state index >= 15 is 0 Å². The lowest BCUT2D eigenvalue weighted by molar-refractivity contribution is -0.115. The molecule has 98 valence electrons. The highest BCUT2D eigenvalue weighted by molar-refractivity contribution is 5.90.